The number of aromatic amines is 1. The number of urea groups is 1. The Morgan fingerprint density at radius 3 is 2.67 bits per heavy atom. The predicted octanol–water partition coefficient (Wildman–Crippen LogP) is 1.17. The van der Waals surface area contributed by atoms with Crippen molar-refractivity contribution in [3.8, 4) is 0 Å². The molecule has 0 aliphatic carbocycles. The Bertz CT molecular complexity index is 600. The number of nitrogens with zero attached hydrogens (tertiary/aromatic N) is 3. The van der Waals surface area contributed by atoms with E-state index in [1.165, 1.54) is 6.33 Å². The zero-order chi connectivity index (χ0) is 15.2. The van der Waals surface area contributed by atoms with Gasteiger partial charge in [0.1, 0.15) is 18.7 Å². The summed E-state index contributed by atoms with van der Waals surface area (Å²) >= 11 is 0. The minimum Gasteiger partial charge on any atom is -0.480 e. The molecular formula is C13H15N5O3. The van der Waals surface area contributed by atoms with Gasteiger partial charge < -0.3 is 10.4 Å². The smallest absolute Gasteiger partial charge is 0.323 e. The fraction of sp³-hybridized carbons (Fsp3) is 0.231. The van der Waals surface area contributed by atoms with Gasteiger partial charge in [-0.3, -0.25) is 14.8 Å². The Morgan fingerprint density at radius 1 is 1.38 bits per heavy atom. The maximum atomic E-state index is 12.3. The van der Waals surface area contributed by atoms with Crippen LogP contribution in [0.4, 0.5) is 10.5 Å². The van der Waals surface area contributed by atoms with Gasteiger partial charge in [0.2, 0.25) is 0 Å². The van der Waals surface area contributed by atoms with Gasteiger partial charge in [-0.15, -0.1) is 0 Å². The van der Waals surface area contributed by atoms with E-state index in [2.05, 4.69) is 20.5 Å². The van der Waals surface area contributed by atoms with Crippen LogP contribution in [0.25, 0.3) is 0 Å². The molecule has 2 aromatic rings. The van der Waals surface area contributed by atoms with Crippen LogP contribution in [0.3, 0.4) is 0 Å². The lowest BCUT2D eigenvalue weighted by Gasteiger charge is -2.23. The van der Waals surface area contributed by atoms with Crippen molar-refractivity contribution in [3.05, 3.63) is 42.5 Å². The Hall–Kier alpha value is -2.90. The van der Waals surface area contributed by atoms with Crippen molar-refractivity contribution < 1.29 is 14.7 Å². The summed E-state index contributed by atoms with van der Waals surface area (Å²) in [4.78, 5) is 28.3. The van der Waals surface area contributed by atoms with Crippen LogP contribution in [0, 0.1) is 0 Å². The van der Waals surface area contributed by atoms with Gasteiger partial charge in [-0.05, 0) is 19.1 Å². The van der Waals surface area contributed by atoms with E-state index in [4.69, 9.17) is 5.11 Å². The van der Waals surface area contributed by atoms with Crippen LogP contribution in [0.1, 0.15) is 18.8 Å². The van der Waals surface area contributed by atoms with E-state index in [0.29, 0.717) is 11.5 Å². The standard InChI is InChI=1S/C13H15N5O3/c1-9(12-14-8-15-17-12)16-13(21)18(7-11(19)20)10-5-3-2-4-6-10/h2-6,8-9H,7H2,1H3,(H,16,21)(H,19,20)(H,14,15,17). The molecule has 3 N–H and O–H groups in total. The Morgan fingerprint density at radius 2 is 2.10 bits per heavy atom. The summed E-state index contributed by atoms with van der Waals surface area (Å²) in [6, 6.07) is 7.66. The van der Waals surface area contributed by atoms with Crippen LogP contribution < -0.4 is 10.2 Å². The van der Waals surface area contributed by atoms with E-state index in [-0.39, 0.29) is 0 Å². The highest BCUT2D eigenvalue weighted by Crippen LogP contribution is 2.14. The maximum absolute atomic E-state index is 12.3. The summed E-state index contributed by atoms with van der Waals surface area (Å²) in [6.07, 6.45) is 1.34. The second-order valence-corrected chi connectivity index (χ2v) is 4.36. The Balaban J connectivity index is 2.13. The molecule has 0 bridgehead atoms. The van der Waals surface area contributed by atoms with Crippen LogP contribution >= 0.6 is 0 Å². The van der Waals surface area contributed by atoms with Gasteiger partial charge in [-0.2, -0.15) is 5.10 Å². The van der Waals surface area contributed by atoms with Gasteiger partial charge in [0.15, 0.2) is 0 Å². The molecule has 1 aromatic carbocycles. The molecule has 1 heterocycles. The van der Waals surface area contributed by atoms with Crippen LogP contribution in [-0.2, 0) is 4.79 Å². The molecule has 0 saturated heterocycles. The molecule has 21 heavy (non-hydrogen) atoms. The molecule has 0 spiro atoms. The number of carbonyl (C=O) groups excluding carboxylic acids is 1. The number of aliphatic carboxylic acids is 1. The van der Waals surface area contributed by atoms with Gasteiger partial charge in [0.25, 0.3) is 0 Å². The number of hydrogen-bond donors (Lipinski definition) is 3. The number of aromatic nitrogens is 3. The highest BCUT2D eigenvalue weighted by Gasteiger charge is 2.21. The summed E-state index contributed by atoms with van der Waals surface area (Å²) in [5.74, 6) is -0.604. The first-order valence-electron chi connectivity index (χ1n) is 6.28. The van der Waals surface area contributed by atoms with Gasteiger partial charge in [0, 0.05) is 5.69 Å². The normalized spacial score (nSPS) is 11.7. The van der Waals surface area contributed by atoms with Gasteiger partial charge in [0.05, 0.1) is 6.04 Å². The topological polar surface area (TPSA) is 111 Å². The van der Waals surface area contributed by atoms with E-state index < -0.39 is 24.6 Å². The molecule has 8 heteroatoms. The van der Waals surface area contributed by atoms with Crippen molar-refractivity contribution >= 4 is 17.7 Å². The Labute approximate surface area is 120 Å². The molecule has 1 aromatic heterocycles. The first-order chi connectivity index (χ1) is 10.1. The average molecular weight is 289 g/mol. The van der Waals surface area contributed by atoms with Gasteiger partial charge in [-0.1, -0.05) is 18.2 Å². The number of amides is 2. The molecule has 110 valence electrons. The zero-order valence-corrected chi connectivity index (χ0v) is 11.4. The first kappa shape index (κ1) is 14.5. The number of rotatable bonds is 5. The largest absolute Gasteiger partial charge is 0.480 e. The molecule has 0 fully saturated rings. The number of benzene rings is 1. The molecule has 0 aliphatic rings. The number of anilines is 1. The van der Waals surface area contributed by atoms with Gasteiger partial charge >= 0.3 is 12.0 Å². The number of nitrogens with one attached hydrogen (secondary N) is 2. The minimum atomic E-state index is -1.10. The zero-order valence-electron chi connectivity index (χ0n) is 11.4. The SMILES string of the molecule is CC(NC(=O)N(CC(=O)O)c1ccccc1)c1ncn[nH]1. The fourth-order valence-electron chi connectivity index (χ4n) is 1.78. The number of H-pyrrole nitrogens is 1. The third-order valence-electron chi connectivity index (χ3n) is 2.79. The molecule has 2 amide bonds. The Kier molecular flexibility index (Phi) is 4.50. The fourth-order valence-corrected chi connectivity index (χ4v) is 1.78. The van der Waals surface area contributed by atoms with E-state index in [1.807, 2.05) is 0 Å². The molecule has 8 nitrogen and oxygen atoms in total. The first-order valence-corrected chi connectivity index (χ1v) is 6.28. The predicted molar refractivity (Wildman–Crippen MR) is 74.8 cm³/mol. The minimum absolute atomic E-state index is 0.417. The summed E-state index contributed by atoms with van der Waals surface area (Å²) in [5, 5.41) is 18.0. The molecule has 1 atom stereocenters. The summed E-state index contributed by atoms with van der Waals surface area (Å²) in [7, 11) is 0. The quantitative estimate of drug-likeness (QED) is 0.765. The summed E-state index contributed by atoms with van der Waals surface area (Å²) in [6.45, 7) is 1.29. The van der Waals surface area contributed by atoms with E-state index in [1.54, 1.807) is 37.3 Å². The molecular weight excluding hydrogens is 274 g/mol. The highest BCUT2D eigenvalue weighted by atomic mass is 16.4. The van der Waals surface area contributed by atoms with Crippen molar-refractivity contribution in [1.29, 1.82) is 0 Å². The lowest BCUT2D eigenvalue weighted by Crippen LogP contribution is -2.44. The van der Waals surface area contributed by atoms with Crippen LogP contribution in [0.15, 0.2) is 36.7 Å². The van der Waals surface area contributed by atoms with E-state index in [9.17, 15) is 9.59 Å². The van der Waals surface area contributed by atoms with Crippen molar-refractivity contribution in [1.82, 2.24) is 20.5 Å². The second kappa shape index (κ2) is 6.51. The second-order valence-electron chi connectivity index (χ2n) is 4.36. The summed E-state index contributed by atoms with van der Waals surface area (Å²) in [5.41, 5.74) is 0.502. The molecule has 2 rings (SSSR count). The van der Waals surface area contributed by atoms with Crippen LogP contribution in [0.5, 0.6) is 0 Å². The molecule has 0 radical (unpaired) electrons. The van der Waals surface area contributed by atoms with Crippen molar-refractivity contribution in [2.45, 2.75) is 13.0 Å². The molecule has 0 aliphatic heterocycles. The third kappa shape index (κ3) is 3.78. The number of hydrogen-bond acceptors (Lipinski definition) is 4. The highest BCUT2D eigenvalue weighted by molar-refractivity contribution is 5.96. The van der Waals surface area contributed by atoms with Gasteiger partial charge in [-0.25, -0.2) is 9.78 Å². The number of carboxylic acid groups (broad SMARTS) is 1. The van der Waals surface area contributed by atoms with Crippen molar-refractivity contribution in [2.75, 3.05) is 11.4 Å². The maximum Gasteiger partial charge on any atom is 0.323 e. The van der Waals surface area contributed by atoms with Crippen LogP contribution in [-0.4, -0.2) is 38.8 Å². The monoisotopic (exact) mass is 289 g/mol. The van der Waals surface area contributed by atoms with Crippen molar-refractivity contribution in [2.24, 2.45) is 0 Å². The number of carbonyl (C=O) groups is 2. The summed E-state index contributed by atoms with van der Waals surface area (Å²) < 4.78 is 0. The average Bonchev–Trinajstić information content (AvgIpc) is 2.99. The van der Waals surface area contributed by atoms with E-state index >= 15 is 0 Å². The number of carboxylic acids is 1. The molecule has 1 unspecified atom stereocenters. The lowest BCUT2D eigenvalue weighted by atomic mass is 10.3. The van der Waals surface area contributed by atoms with Crippen molar-refractivity contribution in [3.63, 3.8) is 0 Å². The molecule has 0 saturated carbocycles. The van der Waals surface area contributed by atoms with E-state index in [0.717, 1.165) is 4.90 Å². The number of para-hydroxylation sites is 1. The van der Waals surface area contributed by atoms with Crippen LogP contribution in [0.2, 0.25) is 0 Å². The lowest BCUT2D eigenvalue weighted by molar-refractivity contribution is -0.135. The third-order valence-corrected chi connectivity index (χ3v) is 2.79.